The molecule has 4 N–H and O–H groups in total. The first kappa shape index (κ1) is 13.8. The standard InChI is InChI=1S/2C7H12N2O/c2*10-7-5-1-2-6(9-7)4-8-3-5/h2*5-6,8H,1-4H2,(H,9,10)/t2*5-,6+/m10/s1. The second-order valence-electron chi connectivity index (χ2n) is 6.28. The molecule has 0 spiro atoms. The van der Waals surface area contributed by atoms with Crippen LogP contribution >= 0.6 is 0 Å². The van der Waals surface area contributed by atoms with E-state index in [0.717, 1.165) is 51.9 Å². The lowest BCUT2D eigenvalue weighted by molar-refractivity contribution is -0.127. The average Bonchev–Trinajstić information content (AvgIpc) is 2.91. The highest BCUT2D eigenvalue weighted by molar-refractivity contribution is 5.80. The van der Waals surface area contributed by atoms with Gasteiger partial charge in [0.1, 0.15) is 0 Å². The summed E-state index contributed by atoms with van der Waals surface area (Å²) >= 11 is 0. The molecule has 0 aromatic rings. The van der Waals surface area contributed by atoms with Crippen molar-refractivity contribution < 1.29 is 9.59 Å². The minimum Gasteiger partial charge on any atom is -0.352 e. The summed E-state index contributed by atoms with van der Waals surface area (Å²) in [6.07, 6.45) is 4.46. The van der Waals surface area contributed by atoms with E-state index in [1.807, 2.05) is 0 Å². The number of carbonyl (C=O) groups excluding carboxylic acids is 2. The maximum atomic E-state index is 11.1. The Morgan fingerprint density at radius 1 is 0.650 bits per heavy atom. The average molecular weight is 280 g/mol. The van der Waals surface area contributed by atoms with Crippen LogP contribution in [0.4, 0.5) is 0 Å². The van der Waals surface area contributed by atoms with Crippen molar-refractivity contribution in [1.29, 1.82) is 0 Å². The summed E-state index contributed by atoms with van der Waals surface area (Å²) in [5.41, 5.74) is 0. The monoisotopic (exact) mass is 280 g/mol. The Hall–Kier alpha value is -1.14. The molecular weight excluding hydrogens is 256 g/mol. The first-order chi connectivity index (χ1) is 9.72. The first-order valence-electron chi connectivity index (χ1n) is 7.74. The fourth-order valence-electron chi connectivity index (χ4n) is 3.41. The van der Waals surface area contributed by atoms with Crippen LogP contribution in [0.25, 0.3) is 0 Å². The molecule has 4 bridgehead atoms. The van der Waals surface area contributed by atoms with E-state index in [1.165, 1.54) is 0 Å². The molecule has 0 aromatic carbocycles. The zero-order valence-electron chi connectivity index (χ0n) is 11.8. The summed E-state index contributed by atoms with van der Waals surface area (Å²) in [6.45, 7) is 3.68. The molecular formula is C14H24N4O2. The minimum atomic E-state index is 0.249. The zero-order chi connectivity index (χ0) is 13.9. The molecule has 6 aliphatic heterocycles. The summed E-state index contributed by atoms with van der Waals surface area (Å²) in [5.74, 6) is 1.00. The number of nitrogens with one attached hydrogen (secondary N) is 4. The predicted molar refractivity (Wildman–Crippen MR) is 75.0 cm³/mol. The van der Waals surface area contributed by atoms with Gasteiger partial charge in [-0.1, -0.05) is 0 Å². The van der Waals surface area contributed by atoms with E-state index in [0.29, 0.717) is 12.1 Å². The van der Waals surface area contributed by atoms with Gasteiger partial charge in [-0.2, -0.15) is 0 Å². The molecule has 20 heavy (non-hydrogen) atoms. The largest absolute Gasteiger partial charge is 0.352 e. The Labute approximate surface area is 119 Å². The van der Waals surface area contributed by atoms with Crippen LogP contribution in [0.5, 0.6) is 0 Å². The molecule has 0 aromatic heterocycles. The van der Waals surface area contributed by atoms with E-state index in [9.17, 15) is 9.59 Å². The molecule has 0 saturated carbocycles. The third-order valence-electron chi connectivity index (χ3n) is 4.72. The molecule has 6 heteroatoms. The minimum absolute atomic E-state index is 0.249. The molecule has 0 radical (unpaired) electrons. The van der Waals surface area contributed by atoms with Gasteiger partial charge in [0.25, 0.3) is 0 Å². The lowest BCUT2D eigenvalue weighted by Crippen LogP contribution is -2.43. The molecule has 0 aliphatic carbocycles. The number of rotatable bonds is 0. The quantitative estimate of drug-likeness (QED) is 0.457. The molecule has 0 unspecified atom stereocenters. The van der Waals surface area contributed by atoms with Gasteiger partial charge < -0.3 is 21.3 Å². The lowest BCUT2D eigenvalue weighted by Gasteiger charge is -2.22. The summed E-state index contributed by atoms with van der Waals surface area (Å²) < 4.78 is 0. The van der Waals surface area contributed by atoms with Gasteiger partial charge in [-0.05, 0) is 25.7 Å². The van der Waals surface area contributed by atoms with Crippen molar-refractivity contribution in [2.75, 3.05) is 26.2 Å². The summed E-state index contributed by atoms with van der Waals surface area (Å²) in [4.78, 5) is 22.2. The molecule has 6 fully saturated rings. The highest BCUT2D eigenvalue weighted by Gasteiger charge is 2.31. The molecule has 6 rings (SSSR count). The van der Waals surface area contributed by atoms with Crippen LogP contribution in [0, 0.1) is 11.8 Å². The van der Waals surface area contributed by atoms with E-state index in [4.69, 9.17) is 0 Å². The number of carbonyl (C=O) groups is 2. The summed E-state index contributed by atoms with van der Waals surface area (Å²) in [7, 11) is 0. The molecule has 112 valence electrons. The van der Waals surface area contributed by atoms with Crippen LogP contribution in [0.1, 0.15) is 25.7 Å². The lowest BCUT2D eigenvalue weighted by atomic mass is 9.96. The molecule has 6 aliphatic rings. The highest BCUT2D eigenvalue weighted by atomic mass is 16.2. The van der Waals surface area contributed by atoms with Gasteiger partial charge in [-0.25, -0.2) is 0 Å². The SMILES string of the molecule is O=C1N[C@@H]2CC[C@H]1CNC2.O=C1N[C@H]2CC[C@@H]1CNC2. The smallest absolute Gasteiger partial charge is 0.224 e. The van der Waals surface area contributed by atoms with E-state index in [-0.39, 0.29) is 23.7 Å². The van der Waals surface area contributed by atoms with Crippen LogP contribution in [0.2, 0.25) is 0 Å². The van der Waals surface area contributed by atoms with Crippen LogP contribution < -0.4 is 21.3 Å². The van der Waals surface area contributed by atoms with Gasteiger partial charge in [0.2, 0.25) is 11.8 Å². The van der Waals surface area contributed by atoms with Crippen molar-refractivity contribution in [2.24, 2.45) is 11.8 Å². The Kier molecular flexibility index (Phi) is 4.21. The second-order valence-corrected chi connectivity index (χ2v) is 6.28. The van der Waals surface area contributed by atoms with Crippen LogP contribution in [0.3, 0.4) is 0 Å². The second kappa shape index (κ2) is 6.10. The molecule has 2 amide bonds. The fraction of sp³-hybridized carbons (Fsp3) is 0.857. The zero-order valence-corrected chi connectivity index (χ0v) is 11.8. The van der Waals surface area contributed by atoms with Gasteiger partial charge in [0.05, 0.1) is 11.8 Å². The van der Waals surface area contributed by atoms with Crippen LogP contribution in [-0.2, 0) is 9.59 Å². The topological polar surface area (TPSA) is 82.3 Å². The van der Waals surface area contributed by atoms with Crippen molar-refractivity contribution in [3.8, 4) is 0 Å². The predicted octanol–water partition coefficient (Wildman–Crippen LogP) is -1.03. The van der Waals surface area contributed by atoms with Crippen molar-refractivity contribution in [3.05, 3.63) is 0 Å². The third-order valence-corrected chi connectivity index (χ3v) is 4.72. The Morgan fingerprint density at radius 2 is 1.10 bits per heavy atom. The van der Waals surface area contributed by atoms with Crippen molar-refractivity contribution in [2.45, 2.75) is 37.8 Å². The number of fused-ring (bicyclic) bond motifs is 8. The first-order valence-corrected chi connectivity index (χ1v) is 7.74. The Bertz CT molecular complexity index is 343. The maximum Gasteiger partial charge on any atom is 0.224 e. The molecule has 6 nitrogen and oxygen atoms in total. The number of piperidine rings is 2. The Balaban J connectivity index is 0.000000121. The number of hydrogen-bond donors (Lipinski definition) is 4. The molecule has 6 heterocycles. The number of hydrogen-bond acceptors (Lipinski definition) is 4. The highest BCUT2D eigenvalue weighted by Crippen LogP contribution is 2.18. The van der Waals surface area contributed by atoms with Gasteiger partial charge in [0, 0.05) is 38.3 Å². The van der Waals surface area contributed by atoms with Gasteiger partial charge in [-0.15, -0.1) is 0 Å². The van der Waals surface area contributed by atoms with E-state index in [2.05, 4.69) is 21.3 Å². The van der Waals surface area contributed by atoms with Crippen LogP contribution in [-0.4, -0.2) is 50.1 Å². The number of amides is 2. The van der Waals surface area contributed by atoms with Crippen molar-refractivity contribution >= 4 is 11.8 Å². The van der Waals surface area contributed by atoms with Gasteiger partial charge in [-0.3, -0.25) is 9.59 Å². The van der Waals surface area contributed by atoms with E-state index in [1.54, 1.807) is 0 Å². The molecule has 4 atom stereocenters. The Morgan fingerprint density at radius 3 is 1.50 bits per heavy atom. The van der Waals surface area contributed by atoms with Gasteiger partial charge in [0.15, 0.2) is 0 Å². The normalized spacial score (nSPS) is 39.0. The summed E-state index contributed by atoms with van der Waals surface area (Å²) in [5, 5.41) is 12.5. The van der Waals surface area contributed by atoms with Crippen molar-refractivity contribution in [3.63, 3.8) is 0 Å². The summed E-state index contributed by atoms with van der Waals surface area (Å²) in [6, 6.07) is 0.817. The van der Waals surface area contributed by atoms with Crippen molar-refractivity contribution in [1.82, 2.24) is 21.3 Å². The van der Waals surface area contributed by atoms with E-state index < -0.39 is 0 Å². The van der Waals surface area contributed by atoms with Crippen LogP contribution in [0.15, 0.2) is 0 Å². The third kappa shape index (κ3) is 3.12. The maximum absolute atomic E-state index is 11.1. The van der Waals surface area contributed by atoms with E-state index >= 15 is 0 Å². The fourth-order valence-corrected chi connectivity index (χ4v) is 3.41. The molecule has 6 saturated heterocycles. The van der Waals surface area contributed by atoms with Gasteiger partial charge >= 0.3 is 0 Å².